The van der Waals surface area contributed by atoms with E-state index in [2.05, 4.69) is 4.98 Å². The van der Waals surface area contributed by atoms with E-state index < -0.39 is 40.5 Å². The van der Waals surface area contributed by atoms with Crippen LogP contribution < -0.4 is 5.43 Å². The number of aromatic nitrogens is 2. The molecule has 0 bridgehead atoms. The van der Waals surface area contributed by atoms with Gasteiger partial charge in [-0.25, -0.2) is 22.9 Å². The molecule has 3 rings (SSSR count). The van der Waals surface area contributed by atoms with Gasteiger partial charge in [-0.05, 0) is 37.0 Å². The van der Waals surface area contributed by atoms with Crippen molar-refractivity contribution in [2.24, 2.45) is 0 Å². The lowest BCUT2D eigenvalue weighted by Crippen LogP contribution is -2.26. The predicted molar refractivity (Wildman–Crippen MR) is 102 cm³/mol. The van der Waals surface area contributed by atoms with E-state index in [1.54, 1.807) is 0 Å². The molecule has 0 radical (unpaired) electrons. The van der Waals surface area contributed by atoms with Gasteiger partial charge >= 0.3 is 5.97 Å². The third kappa shape index (κ3) is 3.62. The van der Waals surface area contributed by atoms with Gasteiger partial charge < -0.3 is 5.11 Å². The molecular weight excluding hydrogens is 385 g/mol. The quantitative estimate of drug-likeness (QED) is 0.641. The largest absolute Gasteiger partial charge is 0.477 e. The summed E-state index contributed by atoms with van der Waals surface area (Å²) in [5.74, 6) is -4.54. The number of carbonyl (C=O) groups is 1. The number of fused-ring (bicyclic) bond motifs is 1. The lowest BCUT2D eigenvalue weighted by molar-refractivity contribution is 0.0685. The van der Waals surface area contributed by atoms with Crippen LogP contribution in [0.3, 0.4) is 0 Å². The molecule has 1 aromatic carbocycles. The summed E-state index contributed by atoms with van der Waals surface area (Å²) in [5, 5.41) is 9.78. The van der Waals surface area contributed by atoms with Crippen LogP contribution in [-0.2, 0) is 0 Å². The zero-order valence-corrected chi connectivity index (χ0v) is 15.9. The van der Waals surface area contributed by atoms with Crippen LogP contribution in [0.15, 0.2) is 35.3 Å². The molecule has 0 aliphatic carbocycles. The minimum Gasteiger partial charge on any atom is -0.477 e. The van der Waals surface area contributed by atoms with Crippen molar-refractivity contribution in [1.29, 1.82) is 0 Å². The average Bonchev–Trinajstić information content (AvgIpc) is 2.67. The van der Waals surface area contributed by atoms with Gasteiger partial charge in [0.15, 0.2) is 5.43 Å². The van der Waals surface area contributed by atoms with Crippen molar-refractivity contribution in [3.8, 4) is 5.69 Å². The Balaban J connectivity index is 2.57. The van der Waals surface area contributed by atoms with E-state index in [0.717, 1.165) is 29.0 Å². The molecule has 152 valence electrons. The summed E-state index contributed by atoms with van der Waals surface area (Å²) in [6, 6.07) is 3.60. The van der Waals surface area contributed by atoms with Crippen molar-refractivity contribution in [3.63, 3.8) is 0 Å². The molecule has 0 amide bonds. The molecule has 0 aliphatic rings. The molecule has 0 aliphatic heterocycles. The van der Waals surface area contributed by atoms with Crippen LogP contribution in [0.5, 0.6) is 0 Å². The monoisotopic (exact) mass is 404 g/mol. The normalized spacial score (nSPS) is 12.3. The fraction of sp³-hybridized carbons (Fsp3) is 0.286. The van der Waals surface area contributed by atoms with E-state index in [0.29, 0.717) is 25.3 Å². The van der Waals surface area contributed by atoms with E-state index in [4.69, 9.17) is 0 Å². The minimum atomic E-state index is -1.46. The maximum absolute atomic E-state index is 14.6. The molecule has 0 fully saturated rings. The number of carboxylic acids is 1. The van der Waals surface area contributed by atoms with E-state index in [1.165, 1.54) is 0 Å². The molecule has 3 aromatic rings. The van der Waals surface area contributed by atoms with Crippen LogP contribution in [0.4, 0.5) is 13.2 Å². The summed E-state index contributed by atoms with van der Waals surface area (Å²) in [5.41, 5.74) is -1.64. The molecule has 2 aromatic heterocycles. The molecule has 0 spiro atoms. The second kappa shape index (κ2) is 8.06. The lowest BCUT2D eigenvalue weighted by Gasteiger charge is -2.22. The Hall–Kier alpha value is -3.16. The number of pyridine rings is 2. The van der Waals surface area contributed by atoms with E-state index >= 15 is 0 Å². The number of benzene rings is 1. The molecule has 1 unspecified atom stereocenters. The van der Waals surface area contributed by atoms with Gasteiger partial charge in [0.05, 0.1) is 17.3 Å². The van der Waals surface area contributed by atoms with Gasteiger partial charge in [0.1, 0.15) is 28.8 Å². The van der Waals surface area contributed by atoms with Crippen molar-refractivity contribution in [2.45, 2.75) is 39.0 Å². The van der Waals surface area contributed by atoms with Crippen LogP contribution in [-0.4, -0.2) is 20.6 Å². The number of hydrogen-bond donors (Lipinski definition) is 1. The Bertz CT molecular complexity index is 1160. The maximum Gasteiger partial charge on any atom is 0.353 e. The highest BCUT2D eigenvalue weighted by molar-refractivity contribution is 5.93. The van der Waals surface area contributed by atoms with Crippen LogP contribution in [0.25, 0.3) is 16.7 Å². The number of hydrogen-bond acceptors (Lipinski definition) is 3. The Kier molecular flexibility index (Phi) is 5.72. The summed E-state index contributed by atoms with van der Waals surface area (Å²) in [6.45, 7) is 3.70. The Morgan fingerprint density at radius 3 is 2.48 bits per heavy atom. The second-order valence-corrected chi connectivity index (χ2v) is 6.75. The van der Waals surface area contributed by atoms with Crippen molar-refractivity contribution < 1.29 is 23.1 Å². The van der Waals surface area contributed by atoms with Gasteiger partial charge in [-0.15, -0.1) is 0 Å². The zero-order valence-electron chi connectivity index (χ0n) is 15.9. The molecule has 1 N–H and O–H groups in total. The van der Waals surface area contributed by atoms with Gasteiger partial charge in [0.2, 0.25) is 0 Å². The summed E-state index contributed by atoms with van der Waals surface area (Å²) in [7, 11) is 0. The van der Waals surface area contributed by atoms with Crippen LogP contribution in [0.2, 0.25) is 0 Å². The number of carboxylic acid groups (broad SMARTS) is 1. The third-order valence-electron chi connectivity index (χ3n) is 4.90. The molecule has 0 saturated heterocycles. The van der Waals surface area contributed by atoms with Crippen LogP contribution >= 0.6 is 0 Å². The Morgan fingerprint density at radius 1 is 1.17 bits per heavy atom. The van der Waals surface area contributed by atoms with Gasteiger partial charge in [-0.3, -0.25) is 9.36 Å². The van der Waals surface area contributed by atoms with Gasteiger partial charge in [-0.1, -0.05) is 20.3 Å². The van der Waals surface area contributed by atoms with Crippen molar-refractivity contribution in [3.05, 3.63) is 69.4 Å². The molecule has 0 saturated carbocycles. The van der Waals surface area contributed by atoms with Gasteiger partial charge in [0.25, 0.3) is 0 Å². The van der Waals surface area contributed by atoms with Gasteiger partial charge in [-0.2, -0.15) is 0 Å². The Morgan fingerprint density at radius 2 is 1.90 bits per heavy atom. The molecule has 1 atom stereocenters. The highest BCUT2D eigenvalue weighted by atomic mass is 19.1. The fourth-order valence-corrected chi connectivity index (χ4v) is 3.64. The van der Waals surface area contributed by atoms with E-state index in [9.17, 15) is 27.9 Å². The maximum atomic E-state index is 14.6. The first-order chi connectivity index (χ1) is 13.8. The number of nitrogens with zero attached hydrogens (tertiary/aromatic N) is 2. The lowest BCUT2D eigenvalue weighted by atomic mass is 9.89. The van der Waals surface area contributed by atoms with Crippen molar-refractivity contribution in [1.82, 2.24) is 9.55 Å². The first-order valence-electron chi connectivity index (χ1n) is 9.22. The molecule has 29 heavy (non-hydrogen) atoms. The fourth-order valence-electron chi connectivity index (χ4n) is 3.64. The second-order valence-electron chi connectivity index (χ2n) is 6.75. The minimum absolute atomic E-state index is 0.0366. The average molecular weight is 404 g/mol. The number of aromatic carboxylic acids is 1. The zero-order chi connectivity index (χ0) is 21.3. The topological polar surface area (TPSA) is 72.2 Å². The summed E-state index contributed by atoms with van der Waals surface area (Å²) in [6.07, 6.45) is 2.48. The first kappa shape index (κ1) is 20.6. The van der Waals surface area contributed by atoms with Crippen molar-refractivity contribution >= 4 is 17.0 Å². The molecule has 5 nitrogen and oxygen atoms in total. The Labute approximate surface area is 164 Å². The van der Waals surface area contributed by atoms with Crippen molar-refractivity contribution in [2.75, 3.05) is 0 Å². The molecule has 8 heteroatoms. The van der Waals surface area contributed by atoms with Gasteiger partial charge in [0, 0.05) is 11.6 Å². The number of halogens is 3. The predicted octanol–water partition coefficient (Wildman–Crippen LogP) is 4.79. The van der Waals surface area contributed by atoms with Crippen LogP contribution in [0, 0.1) is 17.5 Å². The van der Waals surface area contributed by atoms with Crippen LogP contribution in [0.1, 0.15) is 55.1 Å². The highest BCUT2D eigenvalue weighted by Crippen LogP contribution is 2.30. The molecule has 2 heterocycles. The molecular formula is C21H19F3N2O3. The number of rotatable bonds is 6. The summed E-state index contributed by atoms with van der Waals surface area (Å²) >= 11 is 0. The standard InChI is InChI=1S/C21H19F3N2O3/c1-3-5-11(4-2)17-18(21(28)29)26(16-7-6-12(22)9-15(16)24)20-14(19(17)27)8-13(23)10-25-20/h6-11H,3-5H2,1-2H3,(H,28,29). The van der Waals surface area contributed by atoms with E-state index in [1.807, 2.05) is 13.8 Å². The highest BCUT2D eigenvalue weighted by Gasteiger charge is 2.29. The van der Waals surface area contributed by atoms with E-state index in [-0.39, 0.29) is 22.3 Å². The SMILES string of the molecule is CCCC(CC)c1c(C(=O)O)n(-c2ccc(F)cc2F)c2ncc(F)cc2c1=O. The smallest absolute Gasteiger partial charge is 0.353 e. The summed E-state index contributed by atoms with van der Waals surface area (Å²) < 4.78 is 42.9. The third-order valence-corrected chi connectivity index (χ3v) is 4.90. The first-order valence-corrected chi connectivity index (χ1v) is 9.22. The summed E-state index contributed by atoms with van der Waals surface area (Å²) in [4.78, 5) is 29.3.